The van der Waals surface area contributed by atoms with Gasteiger partial charge in [0.1, 0.15) is 0 Å². The van der Waals surface area contributed by atoms with Crippen molar-refractivity contribution in [2.24, 2.45) is 11.8 Å². The summed E-state index contributed by atoms with van der Waals surface area (Å²) in [6.45, 7) is 7.84. The number of hydrogen-bond acceptors (Lipinski definition) is 3. The van der Waals surface area contributed by atoms with Crippen LogP contribution in [0.1, 0.15) is 20.3 Å². The minimum atomic E-state index is 0.248. The fourth-order valence-electron chi connectivity index (χ4n) is 1.72. The molecule has 2 atom stereocenters. The van der Waals surface area contributed by atoms with Gasteiger partial charge in [-0.3, -0.25) is 0 Å². The van der Waals surface area contributed by atoms with Crippen molar-refractivity contribution in [3.8, 4) is 0 Å². The first-order valence-electron chi connectivity index (χ1n) is 5.29. The van der Waals surface area contributed by atoms with Crippen LogP contribution in [-0.4, -0.2) is 37.4 Å². The van der Waals surface area contributed by atoms with Crippen LogP contribution in [0.5, 0.6) is 0 Å². The molecule has 2 unspecified atom stereocenters. The Morgan fingerprint density at radius 3 is 2.77 bits per heavy atom. The minimum absolute atomic E-state index is 0.248. The highest BCUT2D eigenvalue weighted by atomic mass is 16.3. The second kappa shape index (κ2) is 5.58. The monoisotopic (exact) mass is 186 g/mol. The van der Waals surface area contributed by atoms with Crippen molar-refractivity contribution in [2.45, 2.75) is 26.3 Å². The first-order chi connectivity index (χ1) is 6.24. The Balaban J connectivity index is 2.15. The molecular formula is C10H22N2O. The second-order valence-electron chi connectivity index (χ2n) is 4.30. The number of hydrogen-bond donors (Lipinski definition) is 3. The Hall–Kier alpha value is -0.120. The molecule has 13 heavy (non-hydrogen) atoms. The molecule has 78 valence electrons. The molecule has 0 bridgehead atoms. The lowest BCUT2D eigenvalue weighted by Gasteiger charge is -2.21. The second-order valence-corrected chi connectivity index (χ2v) is 4.30. The van der Waals surface area contributed by atoms with Crippen molar-refractivity contribution in [2.75, 3.05) is 26.2 Å². The summed E-state index contributed by atoms with van der Waals surface area (Å²) in [4.78, 5) is 0. The standard InChI is InChI=1S/C10H22N2O/c1-8(2)10(7-13)12-6-9-3-4-11-5-9/h8-13H,3-7H2,1-2H3. The lowest BCUT2D eigenvalue weighted by molar-refractivity contribution is 0.206. The maximum Gasteiger partial charge on any atom is 0.0587 e. The Morgan fingerprint density at radius 2 is 2.31 bits per heavy atom. The van der Waals surface area contributed by atoms with Crippen LogP contribution in [0.4, 0.5) is 0 Å². The lowest BCUT2D eigenvalue weighted by Crippen LogP contribution is -2.40. The third kappa shape index (κ3) is 3.63. The van der Waals surface area contributed by atoms with Gasteiger partial charge in [-0.1, -0.05) is 13.8 Å². The molecule has 1 saturated heterocycles. The highest BCUT2D eigenvalue weighted by Gasteiger charge is 2.17. The fourth-order valence-corrected chi connectivity index (χ4v) is 1.72. The quantitative estimate of drug-likeness (QED) is 0.575. The third-order valence-corrected chi connectivity index (χ3v) is 2.83. The average Bonchev–Trinajstić information content (AvgIpc) is 2.57. The molecule has 1 fully saturated rings. The zero-order valence-electron chi connectivity index (χ0n) is 8.71. The summed E-state index contributed by atoms with van der Waals surface area (Å²) in [6.07, 6.45) is 1.27. The molecule has 1 aliphatic rings. The van der Waals surface area contributed by atoms with Gasteiger partial charge in [-0.05, 0) is 37.9 Å². The molecule has 0 aromatic heterocycles. The predicted octanol–water partition coefficient (Wildman–Crippen LogP) is 0.202. The first kappa shape index (κ1) is 11.0. The summed E-state index contributed by atoms with van der Waals surface area (Å²) >= 11 is 0. The average molecular weight is 186 g/mol. The number of aliphatic hydroxyl groups excluding tert-OH is 1. The van der Waals surface area contributed by atoms with E-state index in [9.17, 15) is 0 Å². The van der Waals surface area contributed by atoms with Gasteiger partial charge in [-0.2, -0.15) is 0 Å². The van der Waals surface area contributed by atoms with Crippen LogP contribution in [0.3, 0.4) is 0 Å². The number of nitrogens with one attached hydrogen (secondary N) is 2. The molecular weight excluding hydrogens is 164 g/mol. The van der Waals surface area contributed by atoms with Crippen LogP contribution in [0.2, 0.25) is 0 Å². The van der Waals surface area contributed by atoms with Crippen molar-refractivity contribution in [3.63, 3.8) is 0 Å². The fraction of sp³-hybridized carbons (Fsp3) is 1.00. The Kier molecular flexibility index (Phi) is 4.70. The van der Waals surface area contributed by atoms with Crippen molar-refractivity contribution in [1.29, 1.82) is 0 Å². The van der Waals surface area contributed by atoms with Gasteiger partial charge in [0.05, 0.1) is 6.61 Å². The number of aliphatic hydroxyl groups is 1. The molecule has 1 aliphatic heterocycles. The largest absolute Gasteiger partial charge is 0.395 e. The summed E-state index contributed by atoms with van der Waals surface area (Å²) in [6, 6.07) is 0.264. The van der Waals surface area contributed by atoms with Gasteiger partial charge < -0.3 is 15.7 Å². The van der Waals surface area contributed by atoms with Gasteiger partial charge in [0.15, 0.2) is 0 Å². The van der Waals surface area contributed by atoms with Crippen LogP contribution in [-0.2, 0) is 0 Å². The van der Waals surface area contributed by atoms with E-state index in [0.29, 0.717) is 5.92 Å². The normalized spacial score (nSPS) is 25.4. The molecule has 3 nitrogen and oxygen atoms in total. The van der Waals surface area contributed by atoms with Crippen molar-refractivity contribution < 1.29 is 5.11 Å². The molecule has 0 spiro atoms. The summed E-state index contributed by atoms with van der Waals surface area (Å²) < 4.78 is 0. The van der Waals surface area contributed by atoms with Crippen LogP contribution in [0.25, 0.3) is 0 Å². The SMILES string of the molecule is CC(C)C(CO)NCC1CCNC1. The van der Waals surface area contributed by atoms with Gasteiger partial charge in [0.2, 0.25) is 0 Å². The van der Waals surface area contributed by atoms with Gasteiger partial charge in [-0.15, -0.1) is 0 Å². The van der Waals surface area contributed by atoms with E-state index in [2.05, 4.69) is 24.5 Å². The summed E-state index contributed by atoms with van der Waals surface area (Å²) in [7, 11) is 0. The zero-order valence-corrected chi connectivity index (χ0v) is 8.71. The lowest BCUT2D eigenvalue weighted by atomic mass is 10.0. The summed E-state index contributed by atoms with van der Waals surface area (Å²) in [5.41, 5.74) is 0. The molecule has 3 N–H and O–H groups in total. The molecule has 1 heterocycles. The Morgan fingerprint density at radius 1 is 1.54 bits per heavy atom. The highest BCUT2D eigenvalue weighted by Crippen LogP contribution is 2.07. The number of rotatable bonds is 5. The van der Waals surface area contributed by atoms with E-state index in [1.165, 1.54) is 6.42 Å². The molecule has 0 aliphatic carbocycles. The van der Waals surface area contributed by atoms with Gasteiger partial charge >= 0.3 is 0 Å². The van der Waals surface area contributed by atoms with Crippen molar-refractivity contribution >= 4 is 0 Å². The van der Waals surface area contributed by atoms with Gasteiger partial charge in [0, 0.05) is 6.04 Å². The van der Waals surface area contributed by atoms with E-state index >= 15 is 0 Å². The first-order valence-corrected chi connectivity index (χ1v) is 5.29. The molecule has 0 radical (unpaired) electrons. The molecule has 0 aromatic rings. The van der Waals surface area contributed by atoms with Crippen LogP contribution in [0, 0.1) is 11.8 Å². The molecule has 1 rings (SSSR count). The van der Waals surface area contributed by atoms with E-state index in [1.807, 2.05) is 0 Å². The van der Waals surface area contributed by atoms with Crippen LogP contribution < -0.4 is 10.6 Å². The summed E-state index contributed by atoms with van der Waals surface area (Å²) in [5.74, 6) is 1.27. The third-order valence-electron chi connectivity index (χ3n) is 2.83. The maximum atomic E-state index is 9.09. The molecule has 3 heteroatoms. The Bertz CT molecular complexity index is 133. The zero-order chi connectivity index (χ0) is 9.68. The summed E-state index contributed by atoms with van der Waals surface area (Å²) in [5, 5.41) is 15.9. The van der Waals surface area contributed by atoms with Gasteiger partial charge in [0.25, 0.3) is 0 Å². The van der Waals surface area contributed by atoms with Crippen molar-refractivity contribution in [1.82, 2.24) is 10.6 Å². The van der Waals surface area contributed by atoms with Crippen LogP contribution in [0.15, 0.2) is 0 Å². The minimum Gasteiger partial charge on any atom is -0.395 e. The van der Waals surface area contributed by atoms with E-state index in [-0.39, 0.29) is 12.6 Å². The maximum absolute atomic E-state index is 9.09. The topological polar surface area (TPSA) is 44.3 Å². The molecule has 0 amide bonds. The Labute approximate surface area is 80.9 Å². The van der Waals surface area contributed by atoms with Gasteiger partial charge in [-0.25, -0.2) is 0 Å². The molecule has 0 aromatic carbocycles. The van der Waals surface area contributed by atoms with E-state index in [1.54, 1.807) is 0 Å². The van der Waals surface area contributed by atoms with E-state index in [0.717, 1.165) is 25.6 Å². The van der Waals surface area contributed by atoms with E-state index in [4.69, 9.17) is 5.11 Å². The van der Waals surface area contributed by atoms with E-state index < -0.39 is 0 Å². The smallest absolute Gasteiger partial charge is 0.0587 e. The molecule has 0 saturated carbocycles. The highest BCUT2D eigenvalue weighted by molar-refractivity contribution is 4.76. The predicted molar refractivity (Wildman–Crippen MR) is 54.7 cm³/mol. The van der Waals surface area contributed by atoms with Crippen molar-refractivity contribution in [3.05, 3.63) is 0 Å². The van der Waals surface area contributed by atoms with Crippen LogP contribution >= 0.6 is 0 Å².